The van der Waals surface area contributed by atoms with E-state index < -0.39 is 23.5 Å². The van der Waals surface area contributed by atoms with Gasteiger partial charge in [-0.1, -0.05) is 211 Å². The molecule has 7 aromatic heterocycles. The average molecular weight is 2650 g/mol. The van der Waals surface area contributed by atoms with Crippen LogP contribution in [0.3, 0.4) is 0 Å². The molecule has 0 saturated carbocycles. The Balaban J connectivity index is -0.000000385. The molecule has 0 bridgehead atoms. The molecular formula is C104H75BrCl2F6N8O13Re4-. The zero-order valence-corrected chi connectivity index (χ0v) is 87.7. The number of aryl methyl sites for hydroxylation is 2. The van der Waals surface area contributed by atoms with E-state index in [-0.39, 0.29) is 42.6 Å². The van der Waals surface area contributed by atoms with Gasteiger partial charge in [0.2, 0.25) is 0 Å². The standard InChI is InChI=1S/C32H32N2.C24H20N2.C23H17N2.C12H6F6N2.13CO.BrH.2ClH.4Re/c1-31(2,3)23-11-7-21(8-12-23)25-17-19-33-29-27(25)15-16-28-26(18-20-34-30(28)29)22-9-13-24(14-10-22)32(4,5)6;1-17-9-3-5-11-19(17)21-13-7-15-23(25-21)24-16-8-14-22(26-24)20-12-6-4-10-18(20)2;1-3-9-20(10-4-1)25(21-11-5-2-6-12-21)22-16-14-19(15-17-22)23-13-7-8-18-24-23;13-11(14,15)7-1-3-9(19-5-7)10-4-2-8(6-20-10)12(16,17)18;13*1-2;;;;;;;/h7-20H,1-6H3;3-16H,1-2H3;1-14,16-18H;1-6H;;;;;;;;;;;;;;3*1H;;;;/q;;-1;;;;;;;;;;;;;;;;;;;3*+1/p-3. The van der Waals surface area contributed by atoms with E-state index in [2.05, 4.69) is 363 Å². The molecule has 0 amide bonds. The van der Waals surface area contributed by atoms with E-state index in [0.29, 0.717) is 12.4 Å². The Kier molecular flexibility index (Phi) is 79.3. The predicted octanol–water partition coefficient (Wildman–Crippen LogP) is 26.7. The predicted molar refractivity (Wildman–Crippen MR) is 486 cm³/mol. The Morgan fingerprint density at radius 1 is 0.290 bits per heavy atom. The number of halogens is 9. The Morgan fingerprint density at radius 3 is 0.877 bits per heavy atom. The number of benzene rings is 8. The maximum atomic E-state index is 12.3. The molecule has 0 fully saturated rings. The number of hydrogen-bond donors (Lipinski definition) is 0. The molecule has 15 rings (SSSR count). The molecule has 8 aromatic carbocycles. The van der Waals surface area contributed by atoms with Gasteiger partial charge in [-0.05, 0) is 172 Å². The molecule has 1 radical (unpaired) electrons. The van der Waals surface area contributed by atoms with Crippen LogP contribution in [-0.2, 0) is 158 Å². The third kappa shape index (κ3) is 44.7. The van der Waals surface area contributed by atoms with Gasteiger partial charge < -0.3 is 9.88 Å². The first-order valence-corrected chi connectivity index (χ1v) is 50.0. The largest absolute Gasteiger partial charge is 0.352 e. The maximum absolute atomic E-state index is 12.3. The minimum Gasteiger partial charge on any atom is -0.352 e. The van der Waals surface area contributed by atoms with Crippen molar-refractivity contribution >= 4 is 71.4 Å². The zero-order valence-electron chi connectivity index (χ0n) is 73.7. The molecule has 0 saturated heterocycles. The quantitative estimate of drug-likeness (QED) is 0.0547. The summed E-state index contributed by atoms with van der Waals surface area (Å²) >= 11 is 6.92. The summed E-state index contributed by atoms with van der Waals surface area (Å²) in [4.78, 5) is 33.0. The summed E-state index contributed by atoms with van der Waals surface area (Å²) < 4.78 is 171. The molecule has 0 unspecified atom stereocenters. The maximum Gasteiger partial charge on any atom is 0.0371 e. The number of para-hydroxylation sites is 2. The van der Waals surface area contributed by atoms with Crippen molar-refractivity contribution in [3.8, 4) is 78.8 Å². The van der Waals surface area contributed by atoms with Gasteiger partial charge in [0, 0.05) is 84.7 Å². The van der Waals surface area contributed by atoms with Crippen LogP contribution in [0.2, 0.25) is 0 Å². The number of hydrogen-bond acceptors (Lipinski definition) is 8. The minimum absolute atomic E-state index is 0. The van der Waals surface area contributed by atoms with Crippen molar-refractivity contribution in [1.82, 2.24) is 34.9 Å². The molecular weight excluding hydrogens is 2580 g/mol. The van der Waals surface area contributed by atoms with Gasteiger partial charge in [-0.3, -0.25) is 19.9 Å². The monoisotopic (exact) mass is 2650 g/mol. The Morgan fingerprint density at radius 2 is 0.594 bits per heavy atom. The average Bonchev–Trinajstić information content (AvgIpc) is 0.753. The van der Waals surface area contributed by atoms with Crippen LogP contribution >= 0.6 is 32.5 Å². The summed E-state index contributed by atoms with van der Waals surface area (Å²) in [5.41, 5.74) is 21.6. The summed E-state index contributed by atoms with van der Waals surface area (Å²) in [6.07, 6.45) is -2.21. The second kappa shape index (κ2) is 80.0. The van der Waals surface area contributed by atoms with Crippen molar-refractivity contribution in [3.63, 3.8) is 0 Å². The van der Waals surface area contributed by atoms with E-state index in [1.807, 2.05) is 85.2 Å². The van der Waals surface area contributed by atoms with Crippen molar-refractivity contribution in [2.24, 2.45) is 0 Å². The van der Waals surface area contributed by atoms with Crippen LogP contribution in [-0.4, -0.2) is 34.9 Å². The van der Waals surface area contributed by atoms with E-state index in [4.69, 9.17) is 99.5 Å². The third-order valence-electron chi connectivity index (χ3n) is 17.8. The van der Waals surface area contributed by atoms with Crippen LogP contribution < -0.4 is 4.90 Å². The molecule has 0 aliphatic rings. The number of aromatic nitrogens is 7. The van der Waals surface area contributed by atoms with Gasteiger partial charge in [0.25, 0.3) is 0 Å². The van der Waals surface area contributed by atoms with Crippen molar-refractivity contribution < 1.29 is 161 Å². The topological polar surface area (TPSA) is 352 Å². The van der Waals surface area contributed by atoms with Crippen LogP contribution in [0.1, 0.15) is 74.9 Å². The molecule has 21 nitrogen and oxygen atoms in total. The fourth-order valence-corrected chi connectivity index (χ4v) is 12.1. The fraction of sp³-hybridized carbons (Fsp3) is 0.115. The van der Waals surface area contributed by atoms with Crippen LogP contribution in [0.4, 0.5) is 43.4 Å². The van der Waals surface area contributed by atoms with Crippen LogP contribution in [0.5, 0.6) is 0 Å². The van der Waals surface area contributed by atoms with Gasteiger partial charge in [0.1, 0.15) is 0 Å². The van der Waals surface area contributed by atoms with Crippen LogP contribution in [0.15, 0.2) is 310 Å². The van der Waals surface area contributed by atoms with Crippen LogP contribution in [0, 0.1) is 106 Å². The first-order chi connectivity index (χ1) is 66.4. The van der Waals surface area contributed by atoms with Gasteiger partial charge in [-0.15, -0.1) is 29.8 Å². The molecule has 0 N–H and O–H groups in total. The summed E-state index contributed by atoms with van der Waals surface area (Å²) in [5.74, 6) is 0. The first-order valence-electron chi connectivity index (χ1n) is 37.4. The Labute approximate surface area is 857 Å². The van der Waals surface area contributed by atoms with E-state index in [9.17, 15) is 26.3 Å². The normalized spacial score (nSPS) is 9.09. The number of pyridine rings is 7. The van der Waals surface area contributed by atoms with Crippen molar-refractivity contribution in [1.29, 1.82) is 0 Å². The van der Waals surface area contributed by atoms with E-state index in [1.165, 1.54) is 98.1 Å². The van der Waals surface area contributed by atoms with Gasteiger partial charge in [0.15, 0.2) is 0 Å². The summed E-state index contributed by atoms with van der Waals surface area (Å²) in [6, 6.07) is 95.2. The van der Waals surface area contributed by atoms with E-state index >= 15 is 0 Å². The van der Waals surface area contributed by atoms with Crippen molar-refractivity contribution in [2.75, 3.05) is 4.90 Å². The van der Waals surface area contributed by atoms with Gasteiger partial charge in [0.05, 0.1) is 56.3 Å². The number of rotatable bonds is 10. The van der Waals surface area contributed by atoms with Gasteiger partial charge >= 0.3 is 245 Å². The number of fused-ring (bicyclic) bond motifs is 3. The van der Waals surface area contributed by atoms with Gasteiger partial charge in [-0.2, -0.15) is 26.3 Å². The fourth-order valence-electron chi connectivity index (χ4n) is 12.1. The van der Waals surface area contributed by atoms with Crippen molar-refractivity contribution in [2.45, 2.75) is 78.6 Å². The van der Waals surface area contributed by atoms with Gasteiger partial charge in [-0.25, -0.2) is 9.97 Å². The minimum atomic E-state index is -4.51. The molecule has 7 heterocycles. The second-order valence-electron chi connectivity index (χ2n) is 27.2. The SMILES string of the molecule is CC(C)(C)c1ccc(-c2ccnc3c2ccc2c(-c4ccc(C(C)(C)C)cc4)ccnc23)cc1.Cc1ccccc1-c1cccc(-c2cccc(-c3ccccc3C)n2)n1.FC(F)(F)c1ccc(-c2ccc(C(F)(F)F)cn2)nc1.[Br][Re].[C-]#[O+].[C-]#[O+].[C-]#[O+].[C-]#[O+].[C-]#[O+].[C-]#[O+].[C-]#[O+].[C-]#[O+].[C-]#[O+].[C-]#[O+].[C-]#[O+].[C-]#[O+].[C-]#[O+].[Cl][Re].[Cl][Re].[Re].[c-]1cc(N(c2ccccc2)c2ccccc2)ccc1-c1ccccn1. The Hall–Kier alpha value is -12.0. The second-order valence-corrected chi connectivity index (χ2v) is 27.2. The summed E-state index contributed by atoms with van der Waals surface area (Å²) in [7, 11) is 9.39. The summed E-state index contributed by atoms with van der Waals surface area (Å²) in [6.45, 7) is 76.2. The molecule has 0 aliphatic carbocycles. The van der Waals surface area contributed by atoms with E-state index in [1.54, 1.807) is 6.20 Å². The molecule has 34 heteroatoms. The van der Waals surface area contributed by atoms with Crippen LogP contribution in [0.25, 0.3) is 101 Å². The molecule has 701 valence electrons. The third-order valence-corrected chi connectivity index (χ3v) is 17.8. The number of alkyl halides is 6. The molecule has 0 aliphatic heterocycles. The number of anilines is 3. The molecule has 138 heavy (non-hydrogen) atoms. The van der Waals surface area contributed by atoms with Crippen molar-refractivity contribution in [3.05, 3.63) is 436 Å². The smallest absolute Gasteiger partial charge is 0.0371 e. The van der Waals surface area contributed by atoms with E-state index in [0.717, 1.165) is 108 Å². The first kappa shape index (κ1) is 137. The number of nitrogens with zero attached hydrogens (tertiary/aromatic N) is 8. The zero-order chi connectivity index (χ0) is 106. The summed E-state index contributed by atoms with van der Waals surface area (Å²) in [5, 5.41) is 2.26. The Bertz CT molecular complexity index is 5780. The molecule has 0 atom stereocenters. The molecule has 0 spiro atoms. The molecule has 15 aromatic rings.